The zero-order valence-electron chi connectivity index (χ0n) is 9.66. The number of anilines is 2. The van der Waals surface area contributed by atoms with E-state index in [0.717, 1.165) is 23.8 Å². The highest BCUT2D eigenvalue weighted by molar-refractivity contribution is 5.63. The highest BCUT2D eigenvalue weighted by atomic mass is 14.9. The fourth-order valence-corrected chi connectivity index (χ4v) is 1.47. The van der Waals surface area contributed by atoms with Gasteiger partial charge in [0.25, 0.3) is 0 Å². The highest BCUT2D eigenvalue weighted by Gasteiger charge is 1.97. The molecule has 1 aromatic rings. The van der Waals surface area contributed by atoms with Crippen LogP contribution in [-0.2, 0) is 0 Å². The number of hydrogen-bond acceptors (Lipinski definition) is 3. The minimum absolute atomic E-state index is 0.723. The molecule has 15 heavy (non-hydrogen) atoms. The van der Waals surface area contributed by atoms with Gasteiger partial charge in [0.2, 0.25) is 0 Å². The molecule has 84 valence electrons. The van der Waals surface area contributed by atoms with Crippen molar-refractivity contribution in [3.05, 3.63) is 18.5 Å². The summed E-state index contributed by atoms with van der Waals surface area (Å²) < 4.78 is 0. The number of unbranched alkanes of at least 4 members (excludes halogenated alkanes) is 1. The molecule has 3 heteroatoms. The molecule has 0 aromatic carbocycles. The number of nitrogens with one attached hydrogen (secondary N) is 1. The maximum absolute atomic E-state index is 5.76. The Balaban J connectivity index is 2.18. The molecule has 1 rings (SSSR count). The van der Waals surface area contributed by atoms with Crippen molar-refractivity contribution in [1.29, 1.82) is 0 Å². The molecule has 0 saturated carbocycles. The first-order valence-corrected chi connectivity index (χ1v) is 5.63. The van der Waals surface area contributed by atoms with Gasteiger partial charge in [0.1, 0.15) is 0 Å². The first-order valence-electron chi connectivity index (χ1n) is 5.63. The van der Waals surface area contributed by atoms with Crippen molar-refractivity contribution in [2.24, 2.45) is 5.92 Å². The summed E-state index contributed by atoms with van der Waals surface area (Å²) in [6, 6.07) is 1.91. The number of aromatic nitrogens is 1. The maximum atomic E-state index is 5.76. The molecule has 3 nitrogen and oxygen atoms in total. The van der Waals surface area contributed by atoms with Crippen LogP contribution in [0.15, 0.2) is 18.5 Å². The van der Waals surface area contributed by atoms with Crippen LogP contribution < -0.4 is 11.1 Å². The number of nitrogens with two attached hydrogens (primary N) is 1. The van der Waals surface area contributed by atoms with Crippen LogP contribution in [-0.4, -0.2) is 11.5 Å². The van der Waals surface area contributed by atoms with Gasteiger partial charge in [-0.1, -0.05) is 26.7 Å². The lowest BCUT2D eigenvalue weighted by molar-refractivity contribution is 0.545. The minimum Gasteiger partial charge on any atom is -0.396 e. The lowest BCUT2D eigenvalue weighted by Crippen LogP contribution is -2.04. The molecule has 0 bridgehead atoms. The fourth-order valence-electron chi connectivity index (χ4n) is 1.47. The van der Waals surface area contributed by atoms with Crippen LogP contribution in [0.5, 0.6) is 0 Å². The van der Waals surface area contributed by atoms with Crippen molar-refractivity contribution >= 4 is 11.4 Å². The molecule has 0 aliphatic rings. The first-order chi connectivity index (χ1) is 7.20. The third kappa shape index (κ3) is 4.68. The van der Waals surface area contributed by atoms with Gasteiger partial charge in [-0.05, 0) is 18.4 Å². The molecule has 1 aromatic heterocycles. The lowest BCUT2D eigenvalue weighted by Gasteiger charge is -2.09. The van der Waals surface area contributed by atoms with E-state index in [1.807, 2.05) is 6.07 Å². The van der Waals surface area contributed by atoms with Gasteiger partial charge in [0, 0.05) is 12.7 Å². The van der Waals surface area contributed by atoms with Gasteiger partial charge in [-0.2, -0.15) is 0 Å². The molecule has 0 fully saturated rings. The molecule has 3 N–H and O–H groups in total. The second-order valence-electron chi connectivity index (χ2n) is 4.28. The Morgan fingerprint density at radius 3 is 2.87 bits per heavy atom. The van der Waals surface area contributed by atoms with Crippen molar-refractivity contribution in [2.45, 2.75) is 33.1 Å². The summed E-state index contributed by atoms with van der Waals surface area (Å²) in [6.07, 6.45) is 7.20. The van der Waals surface area contributed by atoms with Crippen LogP contribution in [0.25, 0.3) is 0 Å². The van der Waals surface area contributed by atoms with E-state index >= 15 is 0 Å². The van der Waals surface area contributed by atoms with Crippen molar-refractivity contribution in [3.63, 3.8) is 0 Å². The van der Waals surface area contributed by atoms with Crippen LogP contribution in [0.1, 0.15) is 33.1 Å². The second kappa shape index (κ2) is 6.27. The molecule has 0 amide bonds. The molecule has 0 spiro atoms. The Hall–Kier alpha value is -1.25. The summed E-state index contributed by atoms with van der Waals surface area (Å²) >= 11 is 0. The normalized spacial score (nSPS) is 10.6. The van der Waals surface area contributed by atoms with Crippen LogP contribution in [0.2, 0.25) is 0 Å². The molecule has 1 heterocycles. The molecule has 0 aliphatic carbocycles. The summed E-state index contributed by atoms with van der Waals surface area (Å²) in [5.41, 5.74) is 7.48. The van der Waals surface area contributed by atoms with E-state index in [4.69, 9.17) is 5.73 Å². The van der Waals surface area contributed by atoms with Gasteiger partial charge in [0.05, 0.1) is 17.6 Å². The Bertz CT molecular complexity index is 284. The Labute approximate surface area is 92.1 Å². The molecule has 0 saturated heterocycles. The third-order valence-electron chi connectivity index (χ3n) is 2.38. The van der Waals surface area contributed by atoms with E-state index < -0.39 is 0 Å². The molecular weight excluding hydrogens is 186 g/mol. The summed E-state index contributed by atoms with van der Waals surface area (Å²) in [5.74, 6) is 0.802. The summed E-state index contributed by atoms with van der Waals surface area (Å²) in [5, 5.41) is 3.32. The predicted molar refractivity (Wildman–Crippen MR) is 65.8 cm³/mol. The smallest absolute Gasteiger partial charge is 0.0736 e. The van der Waals surface area contributed by atoms with E-state index in [9.17, 15) is 0 Å². The highest BCUT2D eigenvalue weighted by Crippen LogP contribution is 2.15. The second-order valence-corrected chi connectivity index (χ2v) is 4.28. The quantitative estimate of drug-likeness (QED) is 0.705. The average Bonchev–Trinajstić information content (AvgIpc) is 2.20. The van der Waals surface area contributed by atoms with Gasteiger partial charge in [-0.15, -0.1) is 0 Å². The maximum Gasteiger partial charge on any atom is 0.0736 e. The van der Waals surface area contributed by atoms with E-state index in [2.05, 4.69) is 24.1 Å². The molecule has 0 aliphatic heterocycles. The molecule has 0 atom stereocenters. The largest absolute Gasteiger partial charge is 0.396 e. The van der Waals surface area contributed by atoms with Crippen molar-refractivity contribution < 1.29 is 0 Å². The number of pyridine rings is 1. The van der Waals surface area contributed by atoms with Gasteiger partial charge in [0.15, 0.2) is 0 Å². The summed E-state index contributed by atoms with van der Waals surface area (Å²) in [6.45, 7) is 5.50. The van der Waals surface area contributed by atoms with Crippen LogP contribution in [0, 0.1) is 5.92 Å². The Morgan fingerprint density at radius 1 is 1.40 bits per heavy atom. The number of nitrogens with zero attached hydrogens (tertiary/aromatic N) is 1. The summed E-state index contributed by atoms with van der Waals surface area (Å²) in [4.78, 5) is 3.95. The van der Waals surface area contributed by atoms with Crippen LogP contribution in [0.3, 0.4) is 0 Å². The SMILES string of the molecule is CC(C)CCCCNc1ccncc1N. The standard InChI is InChI=1S/C12H21N3/c1-10(2)5-3-4-7-15-12-6-8-14-9-11(12)13/h6,8-10H,3-5,7,13H2,1-2H3,(H,14,15). The van der Waals surface area contributed by atoms with Crippen LogP contribution >= 0.6 is 0 Å². The third-order valence-corrected chi connectivity index (χ3v) is 2.38. The van der Waals surface area contributed by atoms with Crippen molar-refractivity contribution in [1.82, 2.24) is 4.98 Å². The number of nitrogen functional groups attached to an aromatic ring is 1. The topological polar surface area (TPSA) is 50.9 Å². The first kappa shape index (κ1) is 11.8. The zero-order valence-corrected chi connectivity index (χ0v) is 9.66. The van der Waals surface area contributed by atoms with E-state index in [0.29, 0.717) is 0 Å². The lowest BCUT2D eigenvalue weighted by atomic mass is 10.1. The predicted octanol–water partition coefficient (Wildman–Crippen LogP) is 2.90. The average molecular weight is 207 g/mol. The van der Waals surface area contributed by atoms with Gasteiger partial charge in [-0.25, -0.2) is 0 Å². The Kier molecular flexibility index (Phi) is 4.95. The van der Waals surface area contributed by atoms with E-state index in [1.165, 1.54) is 19.3 Å². The van der Waals surface area contributed by atoms with Crippen molar-refractivity contribution in [2.75, 3.05) is 17.6 Å². The minimum atomic E-state index is 0.723. The van der Waals surface area contributed by atoms with E-state index in [-0.39, 0.29) is 0 Å². The molecule has 0 radical (unpaired) electrons. The zero-order chi connectivity index (χ0) is 11.1. The van der Waals surface area contributed by atoms with Gasteiger partial charge >= 0.3 is 0 Å². The molecular formula is C12H21N3. The van der Waals surface area contributed by atoms with Crippen molar-refractivity contribution in [3.8, 4) is 0 Å². The molecule has 0 unspecified atom stereocenters. The van der Waals surface area contributed by atoms with Gasteiger partial charge in [-0.3, -0.25) is 4.98 Å². The Morgan fingerprint density at radius 2 is 2.20 bits per heavy atom. The monoisotopic (exact) mass is 207 g/mol. The fraction of sp³-hybridized carbons (Fsp3) is 0.583. The number of rotatable bonds is 6. The van der Waals surface area contributed by atoms with E-state index in [1.54, 1.807) is 12.4 Å². The van der Waals surface area contributed by atoms with Crippen LogP contribution in [0.4, 0.5) is 11.4 Å². The summed E-state index contributed by atoms with van der Waals surface area (Å²) in [7, 11) is 0. The van der Waals surface area contributed by atoms with Gasteiger partial charge < -0.3 is 11.1 Å². The number of hydrogen-bond donors (Lipinski definition) is 2.